The Morgan fingerprint density at radius 3 is 2.75 bits per heavy atom. The number of benzene rings is 1. The molecule has 0 saturated carbocycles. The van der Waals surface area contributed by atoms with Crippen LogP contribution in [0.3, 0.4) is 0 Å². The van der Waals surface area contributed by atoms with Crippen LogP contribution in [-0.2, 0) is 13.0 Å². The molecule has 4 heteroatoms. The van der Waals surface area contributed by atoms with E-state index in [1.54, 1.807) is 12.4 Å². The third-order valence-corrected chi connectivity index (χ3v) is 2.25. The van der Waals surface area contributed by atoms with Crippen LogP contribution in [0, 0.1) is 11.3 Å². The van der Waals surface area contributed by atoms with Crippen molar-refractivity contribution in [3.8, 4) is 6.07 Å². The summed E-state index contributed by atoms with van der Waals surface area (Å²) in [6.07, 6.45) is 3.98. The molecule has 0 unspecified atom stereocenters. The van der Waals surface area contributed by atoms with E-state index >= 15 is 0 Å². The van der Waals surface area contributed by atoms with Gasteiger partial charge in [-0.1, -0.05) is 12.1 Å². The lowest BCUT2D eigenvalue weighted by molar-refractivity contribution is 1.000. The second-order valence-electron chi connectivity index (χ2n) is 3.42. The van der Waals surface area contributed by atoms with Gasteiger partial charge in [0, 0.05) is 18.1 Å². The molecule has 0 aliphatic heterocycles. The molecule has 1 aromatic heterocycles. The van der Waals surface area contributed by atoms with Crippen LogP contribution < -0.4 is 5.32 Å². The average Bonchev–Trinajstić information content (AvgIpc) is 2.82. The number of H-pyrrole nitrogens is 1. The molecule has 0 bridgehead atoms. The third kappa shape index (κ3) is 2.61. The molecular weight excluding hydrogens is 200 g/mol. The number of rotatable bonds is 4. The summed E-state index contributed by atoms with van der Waals surface area (Å²) in [4.78, 5) is 7.14. The zero-order valence-corrected chi connectivity index (χ0v) is 8.77. The van der Waals surface area contributed by atoms with E-state index < -0.39 is 0 Å². The molecule has 0 amide bonds. The summed E-state index contributed by atoms with van der Waals surface area (Å²) in [5.74, 6) is 0.904. The molecule has 1 heterocycles. The minimum Gasteiger partial charge on any atom is -0.378 e. The molecule has 0 spiro atoms. The van der Waals surface area contributed by atoms with Crippen LogP contribution in [0.15, 0.2) is 36.7 Å². The second-order valence-corrected chi connectivity index (χ2v) is 3.42. The third-order valence-electron chi connectivity index (χ3n) is 2.25. The van der Waals surface area contributed by atoms with Crippen molar-refractivity contribution in [3.63, 3.8) is 0 Å². The fourth-order valence-electron chi connectivity index (χ4n) is 1.41. The van der Waals surface area contributed by atoms with E-state index in [1.807, 2.05) is 24.3 Å². The SMILES string of the molecule is N#CCc1ccc(NCc2ncc[nH]2)cc1. The lowest BCUT2D eigenvalue weighted by Crippen LogP contribution is -2.00. The smallest absolute Gasteiger partial charge is 0.125 e. The highest BCUT2D eigenvalue weighted by Crippen LogP contribution is 2.10. The van der Waals surface area contributed by atoms with Gasteiger partial charge >= 0.3 is 0 Å². The fraction of sp³-hybridized carbons (Fsp3) is 0.167. The van der Waals surface area contributed by atoms with Gasteiger partial charge in [-0.2, -0.15) is 5.26 Å². The van der Waals surface area contributed by atoms with Gasteiger partial charge in [0.1, 0.15) is 5.82 Å². The van der Waals surface area contributed by atoms with Crippen LogP contribution in [0.4, 0.5) is 5.69 Å². The monoisotopic (exact) mass is 212 g/mol. The Balaban J connectivity index is 1.93. The van der Waals surface area contributed by atoms with Crippen LogP contribution in [0.1, 0.15) is 11.4 Å². The summed E-state index contributed by atoms with van der Waals surface area (Å²) in [6.45, 7) is 0.671. The van der Waals surface area contributed by atoms with E-state index in [2.05, 4.69) is 21.4 Å². The quantitative estimate of drug-likeness (QED) is 0.815. The number of imidazole rings is 1. The zero-order valence-electron chi connectivity index (χ0n) is 8.77. The lowest BCUT2D eigenvalue weighted by Gasteiger charge is -2.04. The molecule has 2 rings (SSSR count). The molecule has 0 fully saturated rings. The van der Waals surface area contributed by atoms with Crippen LogP contribution in [0.25, 0.3) is 0 Å². The molecule has 0 atom stereocenters. The Labute approximate surface area is 94.0 Å². The minimum atomic E-state index is 0.457. The molecule has 0 radical (unpaired) electrons. The summed E-state index contributed by atoms with van der Waals surface area (Å²) in [5.41, 5.74) is 2.06. The van der Waals surface area contributed by atoms with Crippen LogP contribution in [0.5, 0.6) is 0 Å². The van der Waals surface area contributed by atoms with E-state index in [0.717, 1.165) is 17.1 Å². The van der Waals surface area contributed by atoms with E-state index in [-0.39, 0.29) is 0 Å². The Kier molecular flexibility index (Phi) is 3.19. The van der Waals surface area contributed by atoms with Gasteiger partial charge in [-0.25, -0.2) is 4.98 Å². The molecule has 16 heavy (non-hydrogen) atoms. The van der Waals surface area contributed by atoms with E-state index in [0.29, 0.717) is 13.0 Å². The molecule has 2 aromatic rings. The average molecular weight is 212 g/mol. The Morgan fingerprint density at radius 1 is 1.31 bits per heavy atom. The minimum absolute atomic E-state index is 0.457. The van der Waals surface area contributed by atoms with E-state index in [4.69, 9.17) is 5.26 Å². The summed E-state index contributed by atoms with van der Waals surface area (Å²) in [5, 5.41) is 11.8. The second kappa shape index (κ2) is 4.99. The normalized spacial score (nSPS) is 9.69. The maximum Gasteiger partial charge on any atom is 0.125 e. The first-order chi connectivity index (χ1) is 7.88. The molecule has 4 nitrogen and oxygen atoms in total. The van der Waals surface area contributed by atoms with Crippen molar-refractivity contribution in [1.29, 1.82) is 5.26 Å². The van der Waals surface area contributed by atoms with Crippen molar-refractivity contribution in [2.75, 3.05) is 5.32 Å². The standard InChI is InChI=1S/C12H12N4/c13-6-5-10-1-3-11(4-2-10)16-9-12-14-7-8-15-12/h1-4,7-8,16H,5,9H2,(H,14,15). The number of nitrogens with one attached hydrogen (secondary N) is 2. The first kappa shape index (κ1) is 10.2. The van der Waals surface area contributed by atoms with Gasteiger partial charge in [0.25, 0.3) is 0 Å². The molecule has 1 aromatic carbocycles. The Bertz CT molecular complexity index is 465. The maximum atomic E-state index is 8.54. The topological polar surface area (TPSA) is 64.5 Å². The Hall–Kier alpha value is -2.28. The van der Waals surface area contributed by atoms with E-state index in [1.165, 1.54) is 0 Å². The van der Waals surface area contributed by atoms with Gasteiger partial charge in [0.2, 0.25) is 0 Å². The van der Waals surface area contributed by atoms with Crippen LogP contribution >= 0.6 is 0 Å². The molecular formula is C12H12N4. The highest BCUT2D eigenvalue weighted by atomic mass is 15.0. The van der Waals surface area contributed by atoms with Crippen molar-refractivity contribution in [1.82, 2.24) is 9.97 Å². The number of hydrogen-bond acceptors (Lipinski definition) is 3. The summed E-state index contributed by atoms with van der Waals surface area (Å²) in [6, 6.07) is 9.96. The number of hydrogen-bond donors (Lipinski definition) is 2. The molecule has 0 saturated heterocycles. The van der Waals surface area contributed by atoms with Crippen molar-refractivity contribution in [2.24, 2.45) is 0 Å². The largest absolute Gasteiger partial charge is 0.378 e. The fourth-order valence-corrected chi connectivity index (χ4v) is 1.41. The van der Waals surface area contributed by atoms with Gasteiger partial charge in [-0.05, 0) is 17.7 Å². The van der Waals surface area contributed by atoms with Gasteiger partial charge in [-0.3, -0.25) is 0 Å². The lowest BCUT2D eigenvalue weighted by atomic mass is 10.1. The number of nitriles is 1. The zero-order chi connectivity index (χ0) is 11.2. The molecule has 0 aliphatic carbocycles. The molecule has 80 valence electrons. The summed E-state index contributed by atoms with van der Waals surface area (Å²) in [7, 11) is 0. The molecule has 2 N–H and O–H groups in total. The molecule has 0 aliphatic rings. The van der Waals surface area contributed by atoms with Gasteiger partial charge in [0.15, 0.2) is 0 Å². The maximum absolute atomic E-state index is 8.54. The summed E-state index contributed by atoms with van der Waals surface area (Å²) < 4.78 is 0. The van der Waals surface area contributed by atoms with Gasteiger partial charge in [-0.15, -0.1) is 0 Å². The predicted octanol–water partition coefficient (Wildman–Crippen LogP) is 2.09. The number of aromatic nitrogens is 2. The highest BCUT2D eigenvalue weighted by Gasteiger charge is 1.96. The van der Waals surface area contributed by atoms with E-state index in [9.17, 15) is 0 Å². The van der Waals surface area contributed by atoms with Crippen molar-refractivity contribution in [2.45, 2.75) is 13.0 Å². The van der Waals surface area contributed by atoms with Crippen LogP contribution in [0.2, 0.25) is 0 Å². The summed E-state index contributed by atoms with van der Waals surface area (Å²) >= 11 is 0. The number of aromatic amines is 1. The number of anilines is 1. The first-order valence-electron chi connectivity index (χ1n) is 5.06. The Morgan fingerprint density at radius 2 is 2.12 bits per heavy atom. The van der Waals surface area contributed by atoms with Crippen molar-refractivity contribution < 1.29 is 0 Å². The van der Waals surface area contributed by atoms with Gasteiger partial charge in [0.05, 0.1) is 19.0 Å². The van der Waals surface area contributed by atoms with Crippen LogP contribution in [-0.4, -0.2) is 9.97 Å². The highest BCUT2D eigenvalue weighted by molar-refractivity contribution is 5.44. The first-order valence-corrected chi connectivity index (χ1v) is 5.06. The van der Waals surface area contributed by atoms with Crippen molar-refractivity contribution >= 4 is 5.69 Å². The predicted molar refractivity (Wildman–Crippen MR) is 61.7 cm³/mol. The van der Waals surface area contributed by atoms with Crippen molar-refractivity contribution in [3.05, 3.63) is 48.0 Å². The number of nitrogens with zero attached hydrogens (tertiary/aromatic N) is 2. The van der Waals surface area contributed by atoms with Gasteiger partial charge < -0.3 is 10.3 Å².